The number of hydrogen-bond acceptors (Lipinski definition) is 2. The molecule has 0 aliphatic carbocycles. The van der Waals surface area contributed by atoms with Crippen LogP contribution in [0, 0.1) is 5.82 Å². The molecule has 1 atom stereocenters. The maximum Gasteiger partial charge on any atom is 0.244 e. The van der Waals surface area contributed by atoms with Gasteiger partial charge in [-0.2, -0.15) is 0 Å². The first kappa shape index (κ1) is 19.2. The molecule has 0 radical (unpaired) electrons. The average molecular weight is 409 g/mol. The summed E-state index contributed by atoms with van der Waals surface area (Å²) in [5.74, 6) is -0.867. The van der Waals surface area contributed by atoms with E-state index in [4.69, 9.17) is 11.6 Å². The van der Waals surface area contributed by atoms with Gasteiger partial charge in [0, 0.05) is 16.3 Å². The van der Waals surface area contributed by atoms with Gasteiger partial charge in [0.25, 0.3) is 0 Å². The Morgan fingerprint density at radius 2 is 1.79 bits per heavy atom. The Morgan fingerprint density at radius 3 is 2.52 bits per heavy atom. The molecule has 0 aromatic heterocycles. The van der Waals surface area contributed by atoms with Crippen LogP contribution in [0.3, 0.4) is 0 Å². The molecule has 0 unspecified atom stereocenters. The number of benzene rings is 3. The highest BCUT2D eigenvalue weighted by Crippen LogP contribution is 2.37. The highest BCUT2D eigenvalue weighted by atomic mass is 35.5. The largest absolute Gasteiger partial charge is 0.324 e. The molecular formula is C23H18ClFN2O2. The van der Waals surface area contributed by atoms with Crippen LogP contribution in [0.2, 0.25) is 5.02 Å². The van der Waals surface area contributed by atoms with Crippen LogP contribution in [-0.4, -0.2) is 23.3 Å². The van der Waals surface area contributed by atoms with Crippen molar-refractivity contribution in [2.45, 2.75) is 12.5 Å². The fourth-order valence-electron chi connectivity index (χ4n) is 3.58. The molecule has 0 bridgehead atoms. The lowest BCUT2D eigenvalue weighted by atomic mass is 9.95. The molecule has 0 saturated carbocycles. The van der Waals surface area contributed by atoms with E-state index in [2.05, 4.69) is 5.32 Å². The Hall–Kier alpha value is -3.18. The summed E-state index contributed by atoms with van der Waals surface area (Å²) < 4.78 is 13.2. The summed E-state index contributed by atoms with van der Waals surface area (Å²) in [6.07, 6.45) is 0.0623. The Morgan fingerprint density at radius 1 is 1.07 bits per heavy atom. The second-order valence-corrected chi connectivity index (χ2v) is 7.35. The monoisotopic (exact) mass is 408 g/mol. The number of fused-ring (bicyclic) bond motifs is 1. The number of carbonyl (C=O) groups excluding carboxylic acids is 2. The van der Waals surface area contributed by atoms with Crippen LogP contribution in [0.4, 0.5) is 10.1 Å². The third-order valence-corrected chi connectivity index (χ3v) is 5.15. The number of nitrogens with zero attached hydrogens (tertiary/aromatic N) is 1. The first-order valence-corrected chi connectivity index (χ1v) is 9.57. The lowest BCUT2D eigenvalue weighted by Gasteiger charge is -2.30. The minimum Gasteiger partial charge on any atom is -0.324 e. The van der Waals surface area contributed by atoms with Crippen molar-refractivity contribution in [1.82, 2.24) is 4.90 Å². The summed E-state index contributed by atoms with van der Waals surface area (Å²) in [7, 11) is 0. The quantitative estimate of drug-likeness (QED) is 0.689. The number of carbonyl (C=O) groups is 2. The fraction of sp³-hybridized carbons (Fsp3) is 0.130. The van der Waals surface area contributed by atoms with Gasteiger partial charge in [-0.05, 0) is 41.5 Å². The van der Waals surface area contributed by atoms with Crippen LogP contribution < -0.4 is 5.32 Å². The topological polar surface area (TPSA) is 49.4 Å². The van der Waals surface area contributed by atoms with E-state index in [1.807, 2.05) is 30.3 Å². The summed E-state index contributed by atoms with van der Waals surface area (Å²) in [4.78, 5) is 27.3. The minimum atomic E-state index is -0.475. The van der Waals surface area contributed by atoms with Gasteiger partial charge < -0.3 is 10.2 Å². The van der Waals surface area contributed by atoms with Gasteiger partial charge in [0.1, 0.15) is 12.4 Å². The van der Waals surface area contributed by atoms with Gasteiger partial charge >= 0.3 is 0 Å². The number of amides is 2. The standard InChI is InChI=1S/C23H18ClFN2O2/c24-17-8-11-20-19(13-17)23(16-4-2-1-3-5-16)27(14-21(28)26-20)22(29)12-15-6-9-18(25)10-7-15/h1-11,13,23H,12,14H2,(H,26,28)/t23-/m1/s1. The summed E-state index contributed by atoms with van der Waals surface area (Å²) in [6.45, 7) is -0.0914. The smallest absolute Gasteiger partial charge is 0.244 e. The summed E-state index contributed by atoms with van der Waals surface area (Å²) in [6, 6.07) is 20.1. The van der Waals surface area contributed by atoms with Gasteiger partial charge in [0.2, 0.25) is 11.8 Å². The Balaban J connectivity index is 1.78. The molecule has 4 rings (SSSR count). The first-order valence-electron chi connectivity index (χ1n) is 9.19. The lowest BCUT2D eigenvalue weighted by molar-refractivity contribution is -0.135. The number of nitrogens with one attached hydrogen (secondary N) is 1. The third kappa shape index (κ3) is 4.15. The summed E-state index contributed by atoms with van der Waals surface area (Å²) in [5.41, 5.74) is 2.94. The molecule has 6 heteroatoms. The SMILES string of the molecule is O=C1CN(C(=O)Cc2ccc(F)cc2)[C@H](c2ccccc2)c2cc(Cl)ccc2N1. The maximum atomic E-state index is 13.2. The van der Waals surface area contributed by atoms with Gasteiger partial charge in [-0.1, -0.05) is 54.1 Å². The molecule has 29 heavy (non-hydrogen) atoms. The molecule has 2 amide bonds. The van der Waals surface area contributed by atoms with Crippen molar-refractivity contribution in [3.05, 3.63) is 100 Å². The summed E-state index contributed by atoms with van der Waals surface area (Å²) in [5, 5.41) is 3.38. The van der Waals surface area contributed by atoms with Crippen LogP contribution in [0.15, 0.2) is 72.8 Å². The van der Waals surface area contributed by atoms with Gasteiger partial charge in [0.05, 0.1) is 12.5 Å². The predicted molar refractivity (Wildman–Crippen MR) is 110 cm³/mol. The zero-order valence-corrected chi connectivity index (χ0v) is 16.2. The van der Waals surface area contributed by atoms with Crippen LogP contribution >= 0.6 is 11.6 Å². The molecule has 146 valence electrons. The van der Waals surface area contributed by atoms with E-state index in [9.17, 15) is 14.0 Å². The van der Waals surface area contributed by atoms with Crippen molar-refractivity contribution in [3.63, 3.8) is 0 Å². The van der Waals surface area contributed by atoms with Crippen molar-refractivity contribution in [2.24, 2.45) is 0 Å². The van der Waals surface area contributed by atoms with E-state index in [-0.39, 0.29) is 30.6 Å². The van der Waals surface area contributed by atoms with Gasteiger partial charge in [-0.25, -0.2) is 4.39 Å². The molecular weight excluding hydrogens is 391 g/mol. The molecule has 1 N–H and O–H groups in total. The van der Waals surface area contributed by atoms with Gasteiger partial charge in [-0.15, -0.1) is 0 Å². The highest BCUT2D eigenvalue weighted by molar-refractivity contribution is 6.30. The number of hydrogen-bond donors (Lipinski definition) is 1. The van der Waals surface area contributed by atoms with Crippen molar-refractivity contribution in [3.8, 4) is 0 Å². The van der Waals surface area contributed by atoms with E-state index in [1.165, 1.54) is 12.1 Å². The van der Waals surface area contributed by atoms with E-state index in [0.29, 0.717) is 16.3 Å². The molecule has 3 aromatic rings. The molecule has 1 heterocycles. The zero-order chi connectivity index (χ0) is 20.4. The fourth-order valence-corrected chi connectivity index (χ4v) is 3.76. The number of halogens is 2. The Kier molecular flexibility index (Phi) is 5.32. The second-order valence-electron chi connectivity index (χ2n) is 6.92. The van der Waals surface area contributed by atoms with Crippen LogP contribution in [-0.2, 0) is 16.0 Å². The number of anilines is 1. The van der Waals surface area contributed by atoms with Gasteiger partial charge in [0.15, 0.2) is 0 Å². The molecule has 4 nitrogen and oxygen atoms in total. The Labute approximate surface area is 172 Å². The normalized spacial score (nSPS) is 16.0. The minimum absolute atomic E-state index is 0.0623. The molecule has 0 saturated heterocycles. The molecule has 1 aliphatic rings. The predicted octanol–water partition coefficient (Wildman–Crippen LogP) is 4.59. The maximum absolute atomic E-state index is 13.2. The zero-order valence-electron chi connectivity index (χ0n) is 15.4. The number of rotatable bonds is 3. The Bertz CT molecular complexity index is 1050. The van der Waals surface area contributed by atoms with Crippen molar-refractivity contribution in [2.75, 3.05) is 11.9 Å². The van der Waals surface area contributed by atoms with E-state index in [0.717, 1.165) is 11.1 Å². The molecule has 0 fully saturated rings. The molecule has 1 aliphatic heterocycles. The molecule has 3 aromatic carbocycles. The van der Waals surface area contributed by atoms with E-state index in [1.54, 1.807) is 35.2 Å². The van der Waals surface area contributed by atoms with Crippen molar-refractivity contribution < 1.29 is 14.0 Å². The third-order valence-electron chi connectivity index (χ3n) is 4.91. The highest BCUT2D eigenvalue weighted by Gasteiger charge is 2.33. The lowest BCUT2D eigenvalue weighted by Crippen LogP contribution is -2.39. The van der Waals surface area contributed by atoms with Crippen LogP contribution in [0.25, 0.3) is 0 Å². The second kappa shape index (κ2) is 8.05. The van der Waals surface area contributed by atoms with Crippen LogP contribution in [0.1, 0.15) is 22.7 Å². The van der Waals surface area contributed by atoms with Gasteiger partial charge in [-0.3, -0.25) is 9.59 Å². The average Bonchev–Trinajstić information content (AvgIpc) is 2.86. The van der Waals surface area contributed by atoms with E-state index >= 15 is 0 Å². The summed E-state index contributed by atoms with van der Waals surface area (Å²) >= 11 is 6.24. The molecule has 0 spiro atoms. The van der Waals surface area contributed by atoms with Crippen LogP contribution in [0.5, 0.6) is 0 Å². The van der Waals surface area contributed by atoms with Crippen molar-refractivity contribution in [1.29, 1.82) is 0 Å². The van der Waals surface area contributed by atoms with E-state index < -0.39 is 6.04 Å². The first-order chi connectivity index (χ1) is 14.0. The van der Waals surface area contributed by atoms with Crippen molar-refractivity contribution >= 4 is 29.1 Å².